The van der Waals surface area contributed by atoms with Crippen LogP contribution in [0.5, 0.6) is 0 Å². The van der Waals surface area contributed by atoms with Crippen LogP contribution in [0.25, 0.3) is 11.5 Å². The number of aliphatic hydroxyl groups is 2. The van der Waals surface area contributed by atoms with Crippen LogP contribution in [0.4, 0.5) is 0 Å². The number of aliphatic hydroxyl groups excluding tert-OH is 2. The van der Waals surface area contributed by atoms with E-state index in [0.29, 0.717) is 11.1 Å². The number of hydrogen-bond acceptors (Lipinski definition) is 10. The van der Waals surface area contributed by atoms with Gasteiger partial charge in [0, 0.05) is 11.1 Å². The number of fused-ring (bicyclic) bond motifs is 2. The Hall–Kier alpha value is -6.28. The highest BCUT2D eigenvalue weighted by molar-refractivity contribution is 6.30. The molecular formula is C31H28N4O10. The quantitative estimate of drug-likeness (QED) is 0.253. The van der Waals surface area contributed by atoms with E-state index in [1.54, 1.807) is 24.3 Å². The van der Waals surface area contributed by atoms with Gasteiger partial charge in [0.05, 0.1) is 12.1 Å². The fourth-order valence-corrected chi connectivity index (χ4v) is 4.61. The molecule has 0 radical (unpaired) electrons. The molecular weight excluding hydrogens is 588 g/mol. The van der Waals surface area contributed by atoms with E-state index in [0.717, 1.165) is 0 Å². The zero-order valence-electron chi connectivity index (χ0n) is 23.2. The number of carboxylic acids is 2. The van der Waals surface area contributed by atoms with Crippen molar-refractivity contribution in [3.05, 3.63) is 81.9 Å². The summed E-state index contributed by atoms with van der Waals surface area (Å²) < 4.78 is 0. The molecule has 2 atom stereocenters. The lowest BCUT2D eigenvalue weighted by Crippen LogP contribution is -2.43. The number of hydrogen-bond donors (Lipinski definition) is 6. The van der Waals surface area contributed by atoms with Gasteiger partial charge >= 0.3 is 11.9 Å². The van der Waals surface area contributed by atoms with Gasteiger partial charge in [0.2, 0.25) is 0 Å². The zero-order chi connectivity index (χ0) is 33.0. The van der Waals surface area contributed by atoms with Gasteiger partial charge in [0.15, 0.2) is 11.6 Å². The molecule has 232 valence electrons. The second-order valence-corrected chi connectivity index (χ2v) is 9.82. The first-order valence-corrected chi connectivity index (χ1v) is 12.6. The summed E-state index contributed by atoms with van der Waals surface area (Å²) in [4.78, 5) is 70.0. The predicted octanol–water partition coefficient (Wildman–Crippen LogP) is 1.68. The van der Waals surface area contributed by atoms with Crippen molar-refractivity contribution >= 4 is 46.8 Å². The Balaban J connectivity index is 0.000000307. The monoisotopic (exact) mass is 616 g/mol. The lowest BCUT2D eigenvalue weighted by Gasteiger charge is -2.29. The molecule has 2 aliphatic rings. The van der Waals surface area contributed by atoms with Crippen molar-refractivity contribution in [3.63, 3.8) is 0 Å². The molecule has 2 aromatic carbocycles. The Morgan fingerprint density at radius 2 is 1.00 bits per heavy atom. The first-order chi connectivity index (χ1) is 20.6. The van der Waals surface area contributed by atoms with E-state index in [1.165, 1.54) is 38.1 Å². The van der Waals surface area contributed by atoms with Crippen molar-refractivity contribution in [2.75, 3.05) is 13.1 Å². The van der Waals surface area contributed by atoms with E-state index < -0.39 is 81.9 Å². The lowest BCUT2D eigenvalue weighted by molar-refractivity contribution is -0.138. The average molecular weight is 617 g/mol. The third-order valence-corrected chi connectivity index (χ3v) is 6.98. The van der Waals surface area contributed by atoms with Crippen LogP contribution in [0.3, 0.4) is 0 Å². The average Bonchev–Trinajstić information content (AvgIpc) is 3.01. The van der Waals surface area contributed by atoms with Crippen LogP contribution < -0.4 is 10.6 Å². The minimum atomic E-state index is -1.63. The van der Waals surface area contributed by atoms with Crippen LogP contribution in [0.15, 0.2) is 59.7 Å². The Bertz CT molecular complexity index is 1650. The summed E-state index contributed by atoms with van der Waals surface area (Å²) in [5.41, 5.74) is -3.46. The minimum Gasteiger partial charge on any atom is -0.506 e. The van der Waals surface area contributed by atoms with Crippen LogP contribution >= 0.6 is 0 Å². The number of aliphatic carboxylic acids is 2. The van der Waals surface area contributed by atoms with Gasteiger partial charge in [-0.05, 0) is 25.0 Å². The molecule has 2 aliphatic carbocycles. The SMILES string of the molecule is C.C[C@@]1(C#N)C(=O)C(C(=O)NCC(=O)O)=C(O)c2ccccc21.C[C@]1(C#N)C(=O)C(C(=O)NCC(=O)O)=C(O)c2ccccc21. The standard InChI is InChI=1S/2C15H12N2O5.CH4/c2*1-15(7-16)9-5-3-2-4-8(9)12(20)11(13(15)21)14(22)17-6-10(18)19;/h2*2-5,20H,6H2,1H3,(H,17,22)(H,18,19);1H4/t2*15-;/m10./s1. The van der Waals surface area contributed by atoms with Crippen LogP contribution in [-0.2, 0) is 39.6 Å². The molecule has 14 nitrogen and oxygen atoms in total. The Labute approximate surface area is 256 Å². The van der Waals surface area contributed by atoms with E-state index >= 15 is 0 Å². The second-order valence-electron chi connectivity index (χ2n) is 9.82. The van der Waals surface area contributed by atoms with Crippen LogP contribution in [0, 0.1) is 22.7 Å². The lowest BCUT2D eigenvalue weighted by atomic mass is 9.70. The molecule has 0 bridgehead atoms. The molecule has 0 unspecified atom stereocenters. The summed E-state index contributed by atoms with van der Waals surface area (Å²) in [7, 11) is 0. The van der Waals surface area contributed by atoms with Crippen molar-refractivity contribution < 1.29 is 49.2 Å². The largest absolute Gasteiger partial charge is 0.506 e. The van der Waals surface area contributed by atoms with Crippen molar-refractivity contribution in [1.29, 1.82) is 10.5 Å². The minimum absolute atomic E-state index is 0. The molecule has 0 saturated heterocycles. The smallest absolute Gasteiger partial charge is 0.322 e. The molecule has 0 fully saturated rings. The molecule has 2 aromatic rings. The van der Waals surface area contributed by atoms with Crippen molar-refractivity contribution in [2.24, 2.45) is 0 Å². The van der Waals surface area contributed by atoms with Gasteiger partial charge in [-0.15, -0.1) is 0 Å². The number of ketones is 2. The molecule has 0 saturated carbocycles. The molecule has 0 aliphatic heterocycles. The summed E-state index contributed by atoms with van der Waals surface area (Å²) in [6, 6.07) is 16.2. The van der Waals surface area contributed by atoms with Gasteiger partial charge in [0.1, 0.15) is 46.6 Å². The summed E-state index contributed by atoms with van der Waals surface area (Å²) in [6.07, 6.45) is 0. The highest BCUT2D eigenvalue weighted by Gasteiger charge is 2.48. The van der Waals surface area contributed by atoms with Crippen LogP contribution in [0.1, 0.15) is 43.5 Å². The maximum atomic E-state index is 12.5. The van der Waals surface area contributed by atoms with E-state index in [1.807, 2.05) is 22.8 Å². The number of amides is 2. The molecule has 4 rings (SSSR count). The van der Waals surface area contributed by atoms with E-state index in [9.17, 15) is 49.5 Å². The molecule has 6 N–H and O–H groups in total. The fraction of sp³-hybridized carbons (Fsp3) is 0.226. The molecule has 0 aromatic heterocycles. The number of nitrogens with one attached hydrogen (secondary N) is 2. The van der Waals surface area contributed by atoms with E-state index in [4.69, 9.17) is 10.2 Å². The van der Waals surface area contributed by atoms with Gasteiger partial charge in [-0.25, -0.2) is 0 Å². The number of Topliss-reactive ketones (excluding diaryl/α,β-unsaturated/α-hetero) is 2. The first-order valence-electron chi connectivity index (χ1n) is 12.6. The number of benzene rings is 2. The number of rotatable bonds is 6. The van der Waals surface area contributed by atoms with Crippen LogP contribution in [0.2, 0.25) is 0 Å². The summed E-state index contributed by atoms with van der Waals surface area (Å²) >= 11 is 0. The number of carboxylic acid groups (broad SMARTS) is 2. The molecule has 0 heterocycles. The van der Waals surface area contributed by atoms with E-state index in [-0.39, 0.29) is 18.6 Å². The number of carbonyl (C=O) groups excluding carboxylic acids is 4. The fourth-order valence-electron chi connectivity index (χ4n) is 4.61. The highest BCUT2D eigenvalue weighted by Crippen LogP contribution is 2.40. The number of nitrogens with zero attached hydrogens (tertiary/aromatic N) is 2. The number of carbonyl (C=O) groups is 6. The molecule has 2 amide bonds. The predicted molar refractivity (Wildman–Crippen MR) is 156 cm³/mol. The first kappa shape index (κ1) is 34.9. The van der Waals surface area contributed by atoms with Crippen LogP contribution in [-0.4, -0.2) is 68.8 Å². The molecule has 45 heavy (non-hydrogen) atoms. The molecule has 14 heteroatoms. The van der Waals surface area contributed by atoms with Gasteiger partial charge < -0.3 is 31.1 Å². The summed E-state index contributed by atoms with van der Waals surface area (Å²) in [5.74, 6) is -7.49. The van der Waals surface area contributed by atoms with Crippen molar-refractivity contribution in [3.8, 4) is 12.1 Å². The van der Waals surface area contributed by atoms with Crippen molar-refractivity contribution in [1.82, 2.24) is 10.6 Å². The number of nitriles is 2. The third-order valence-electron chi connectivity index (χ3n) is 6.98. The zero-order valence-corrected chi connectivity index (χ0v) is 23.2. The third kappa shape index (κ3) is 6.25. The summed E-state index contributed by atoms with van der Waals surface area (Å²) in [6.45, 7) is 1.30. The Morgan fingerprint density at radius 1 is 0.689 bits per heavy atom. The Morgan fingerprint density at radius 3 is 1.29 bits per heavy atom. The van der Waals surface area contributed by atoms with Gasteiger partial charge in [-0.2, -0.15) is 10.5 Å². The summed E-state index contributed by atoms with van der Waals surface area (Å²) in [5, 5.41) is 60.3. The second kappa shape index (κ2) is 13.4. The highest BCUT2D eigenvalue weighted by atomic mass is 16.4. The van der Waals surface area contributed by atoms with Gasteiger partial charge in [-0.3, -0.25) is 28.8 Å². The van der Waals surface area contributed by atoms with Gasteiger partial charge in [-0.1, -0.05) is 56.0 Å². The maximum absolute atomic E-state index is 12.5. The molecule has 0 spiro atoms. The van der Waals surface area contributed by atoms with Gasteiger partial charge in [0.25, 0.3) is 11.8 Å². The van der Waals surface area contributed by atoms with E-state index in [2.05, 4.69) is 0 Å². The van der Waals surface area contributed by atoms with Crippen molar-refractivity contribution in [2.45, 2.75) is 32.1 Å². The Kier molecular flexibility index (Phi) is 10.4. The normalized spacial score (nSPS) is 19.6. The topological polar surface area (TPSA) is 255 Å². The maximum Gasteiger partial charge on any atom is 0.322 e.